The summed E-state index contributed by atoms with van der Waals surface area (Å²) >= 11 is 0. The molecule has 3 heterocycles. The number of imidazole rings is 1. The fourth-order valence-corrected chi connectivity index (χ4v) is 3.48. The monoisotopic (exact) mass is 382 g/mol. The average Bonchev–Trinajstić information content (AvgIpc) is 3.32. The minimum atomic E-state index is -0.196. The number of hydrogen-bond donors (Lipinski definition) is 2. The molecule has 146 valence electrons. The average molecular weight is 382 g/mol. The summed E-state index contributed by atoms with van der Waals surface area (Å²) < 4.78 is 12.5. The Morgan fingerprint density at radius 3 is 2.96 bits per heavy atom. The highest BCUT2D eigenvalue weighted by atomic mass is 16.5. The van der Waals surface area contributed by atoms with E-state index in [1.165, 1.54) is 0 Å². The zero-order chi connectivity index (χ0) is 19.5. The fraction of sp³-hybridized carbons (Fsp3) is 0.368. The Hall–Kier alpha value is -3.20. The van der Waals surface area contributed by atoms with Crippen molar-refractivity contribution < 1.29 is 14.3 Å². The third-order valence-electron chi connectivity index (χ3n) is 4.90. The zero-order valence-corrected chi connectivity index (χ0v) is 15.8. The van der Waals surface area contributed by atoms with Gasteiger partial charge in [-0.05, 0) is 18.1 Å². The van der Waals surface area contributed by atoms with E-state index >= 15 is 0 Å². The maximum Gasteiger partial charge on any atom is 0.271 e. The van der Waals surface area contributed by atoms with E-state index in [4.69, 9.17) is 9.47 Å². The van der Waals surface area contributed by atoms with Gasteiger partial charge in [0.25, 0.3) is 5.91 Å². The molecule has 2 aromatic heterocycles. The van der Waals surface area contributed by atoms with Crippen LogP contribution in [0.15, 0.2) is 30.6 Å². The quantitative estimate of drug-likeness (QED) is 0.667. The summed E-state index contributed by atoms with van der Waals surface area (Å²) in [5.74, 6) is 1.78. The molecular formula is C19H22N6O3. The van der Waals surface area contributed by atoms with Crippen LogP contribution in [0.1, 0.15) is 27.7 Å². The summed E-state index contributed by atoms with van der Waals surface area (Å²) in [6, 6.07) is 7.87. The summed E-state index contributed by atoms with van der Waals surface area (Å²) in [7, 11) is 3.29. The van der Waals surface area contributed by atoms with Crippen molar-refractivity contribution in [3.8, 4) is 17.4 Å². The SMILES string of the molecule is COCCn1cnnc1-c1nc2c([nH]1)CC(c1ccccc1OC)CNC2=O. The molecule has 0 fully saturated rings. The maximum atomic E-state index is 12.6. The van der Waals surface area contributed by atoms with Crippen LogP contribution in [0.25, 0.3) is 11.6 Å². The molecule has 1 aliphatic heterocycles. The summed E-state index contributed by atoms with van der Waals surface area (Å²) in [6.45, 7) is 1.64. The summed E-state index contributed by atoms with van der Waals surface area (Å²) in [4.78, 5) is 20.4. The number of para-hydroxylation sites is 1. The van der Waals surface area contributed by atoms with Gasteiger partial charge in [-0.2, -0.15) is 0 Å². The van der Waals surface area contributed by atoms with Crippen LogP contribution in [0.5, 0.6) is 5.75 Å². The van der Waals surface area contributed by atoms with Crippen molar-refractivity contribution in [2.45, 2.75) is 18.9 Å². The van der Waals surface area contributed by atoms with Crippen molar-refractivity contribution in [2.75, 3.05) is 27.4 Å². The van der Waals surface area contributed by atoms with E-state index in [1.54, 1.807) is 20.5 Å². The second-order valence-electron chi connectivity index (χ2n) is 6.61. The van der Waals surface area contributed by atoms with Crippen molar-refractivity contribution >= 4 is 5.91 Å². The van der Waals surface area contributed by atoms with Crippen molar-refractivity contribution in [1.82, 2.24) is 30.0 Å². The molecule has 0 aliphatic carbocycles. The van der Waals surface area contributed by atoms with Crippen LogP contribution in [-0.2, 0) is 17.7 Å². The van der Waals surface area contributed by atoms with E-state index < -0.39 is 0 Å². The second-order valence-corrected chi connectivity index (χ2v) is 6.61. The molecule has 1 amide bonds. The molecule has 4 rings (SSSR count). The van der Waals surface area contributed by atoms with Gasteiger partial charge in [0.15, 0.2) is 11.6 Å². The number of ether oxygens (including phenoxy) is 2. The topological polar surface area (TPSA) is 107 Å². The van der Waals surface area contributed by atoms with Crippen LogP contribution < -0.4 is 10.1 Å². The van der Waals surface area contributed by atoms with Crippen LogP contribution in [0.3, 0.4) is 0 Å². The minimum Gasteiger partial charge on any atom is -0.496 e. The zero-order valence-electron chi connectivity index (χ0n) is 15.8. The van der Waals surface area contributed by atoms with Gasteiger partial charge >= 0.3 is 0 Å². The van der Waals surface area contributed by atoms with Gasteiger partial charge in [-0.15, -0.1) is 10.2 Å². The molecule has 0 saturated heterocycles. The number of benzene rings is 1. The third kappa shape index (κ3) is 3.36. The lowest BCUT2D eigenvalue weighted by Crippen LogP contribution is -2.26. The Bertz CT molecular complexity index is 980. The first-order valence-electron chi connectivity index (χ1n) is 9.08. The van der Waals surface area contributed by atoms with Crippen molar-refractivity contribution in [3.05, 3.63) is 47.5 Å². The number of amides is 1. The van der Waals surface area contributed by atoms with Crippen LogP contribution in [0.4, 0.5) is 0 Å². The first-order chi connectivity index (χ1) is 13.7. The highest BCUT2D eigenvalue weighted by Gasteiger charge is 2.28. The minimum absolute atomic E-state index is 0.0704. The number of rotatable bonds is 6. The van der Waals surface area contributed by atoms with Crippen molar-refractivity contribution in [3.63, 3.8) is 0 Å². The van der Waals surface area contributed by atoms with E-state index in [2.05, 4.69) is 25.5 Å². The summed E-state index contributed by atoms with van der Waals surface area (Å²) in [5, 5.41) is 11.1. The lowest BCUT2D eigenvalue weighted by Gasteiger charge is -2.17. The van der Waals surface area contributed by atoms with Gasteiger partial charge in [0.2, 0.25) is 0 Å². The van der Waals surface area contributed by atoms with E-state index in [0.717, 1.165) is 17.0 Å². The second kappa shape index (κ2) is 7.81. The van der Waals surface area contributed by atoms with Gasteiger partial charge in [-0.3, -0.25) is 4.79 Å². The Kier molecular flexibility index (Phi) is 5.07. The van der Waals surface area contributed by atoms with Crippen molar-refractivity contribution in [2.24, 2.45) is 0 Å². The molecule has 9 nitrogen and oxygen atoms in total. The van der Waals surface area contributed by atoms with Crippen molar-refractivity contribution in [1.29, 1.82) is 0 Å². The van der Waals surface area contributed by atoms with Gasteiger partial charge in [0.05, 0.1) is 13.7 Å². The largest absolute Gasteiger partial charge is 0.496 e. The number of aromatic nitrogens is 5. The molecule has 0 saturated carbocycles. The molecule has 0 radical (unpaired) electrons. The number of carbonyl (C=O) groups is 1. The normalized spacial score (nSPS) is 16.4. The fourth-order valence-electron chi connectivity index (χ4n) is 3.48. The van der Waals surface area contributed by atoms with Crippen LogP contribution in [0, 0.1) is 0 Å². The maximum absolute atomic E-state index is 12.6. The van der Waals surface area contributed by atoms with Gasteiger partial charge in [-0.1, -0.05) is 18.2 Å². The summed E-state index contributed by atoms with van der Waals surface area (Å²) in [5.41, 5.74) is 2.23. The first kappa shape index (κ1) is 18.2. The van der Waals surface area contributed by atoms with E-state index in [-0.39, 0.29) is 11.8 Å². The Balaban J connectivity index is 1.67. The molecule has 1 aromatic carbocycles. The number of nitrogens with zero attached hydrogens (tertiary/aromatic N) is 4. The lowest BCUT2D eigenvalue weighted by atomic mass is 9.93. The smallest absolute Gasteiger partial charge is 0.271 e. The highest BCUT2D eigenvalue weighted by molar-refractivity contribution is 5.94. The van der Waals surface area contributed by atoms with Gasteiger partial charge < -0.3 is 24.3 Å². The predicted octanol–water partition coefficient (Wildman–Crippen LogP) is 1.39. The van der Waals surface area contributed by atoms with Gasteiger partial charge in [0, 0.05) is 31.8 Å². The molecule has 28 heavy (non-hydrogen) atoms. The molecule has 9 heteroatoms. The first-order valence-corrected chi connectivity index (χ1v) is 9.08. The lowest BCUT2D eigenvalue weighted by molar-refractivity contribution is 0.0950. The molecular weight excluding hydrogens is 360 g/mol. The van der Waals surface area contributed by atoms with Crippen LogP contribution in [-0.4, -0.2) is 58.0 Å². The number of fused-ring (bicyclic) bond motifs is 1. The summed E-state index contributed by atoms with van der Waals surface area (Å²) in [6.07, 6.45) is 2.26. The molecule has 3 aromatic rings. The number of methoxy groups -OCH3 is 2. The number of hydrogen-bond acceptors (Lipinski definition) is 6. The van der Waals surface area contributed by atoms with Crippen LogP contribution in [0.2, 0.25) is 0 Å². The number of nitrogens with one attached hydrogen (secondary N) is 2. The molecule has 0 bridgehead atoms. The van der Waals surface area contributed by atoms with E-state index in [0.29, 0.717) is 43.5 Å². The molecule has 0 spiro atoms. The standard InChI is InChI=1S/C19H22N6O3/c1-27-8-7-25-11-21-24-18(25)17-22-14-9-12(10-20-19(26)16(14)23-17)13-5-3-4-6-15(13)28-2/h3-6,11-12H,7-10H2,1-2H3,(H,20,26)(H,22,23). The van der Waals surface area contributed by atoms with Gasteiger partial charge in [0.1, 0.15) is 17.8 Å². The van der Waals surface area contributed by atoms with E-state index in [1.807, 2.05) is 28.8 Å². The number of carbonyl (C=O) groups excluding carboxylic acids is 1. The van der Waals surface area contributed by atoms with Gasteiger partial charge in [-0.25, -0.2) is 4.98 Å². The highest BCUT2D eigenvalue weighted by Crippen LogP contribution is 2.31. The Morgan fingerprint density at radius 2 is 2.14 bits per heavy atom. The van der Waals surface area contributed by atoms with Crippen LogP contribution >= 0.6 is 0 Å². The molecule has 1 unspecified atom stereocenters. The predicted molar refractivity (Wildman–Crippen MR) is 101 cm³/mol. The Morgan fingerprint density at radius 1 is 1.29 bits per heavy atom. The van der Waals surface area contributed by atoms with E-state index in [9.17, 15) is 4.79 Å². The third-order valence-corrected chi connectivity index (χ3v) is 4.90. The number of H-pyrrole nitrogens is 1. The number of aromatic amines is 1. The molecule has 1 atom stereocenters. The molecule has 1 aliphatic rings. The molecule has 2 N–H and O–H groups in total. The Labute approximate surface area is 162 Å².